The summed E-state index contributed by atoms with van der Waals surface area (Å²) >= 11 is 0. The van der Waals surface area contributed by atoms with E-state index < -0.39 is 10.0 Å². The lowest BCUT2D eigenvalue weighted by Crippen LogP contribution is -2.40. The zero-order valence-electron chi connectivity index (χ0n) is 12.6. The molecule has 0 N–H and O–H groups in total. The number of carbonyl (C=O) groups excluding carboxylic acids is 1. The first-order valence-electron chi connectivity index (χ1n) is 6.45. The van der Waals surface area contributed by atoms with Crippen molar-refractivity contribution in [2.45, 2.75) is 18.7 Å². The molecule has 0 aromatic heterocycles. The molecular weight excluding hydrogens is 290 g/mol. The third-order valence-electron chi connectivity index (χ3n) is 3.12. The minimum absolute atomic E-state index is 0.0902. The lowest BCUT2D eigenvalue weighted by Gasteiger charge is -2.22. The minimum atomic E-state index is -3.75. The Hall–Kier alpha value is -1.91. The molecule has 0 radical (unpaired) electrons. The summed E-state index contributed by atoms with van der Waals surface area (Å²) in [6.45, 7) is 3.35. The first-order valence-corrected chi connectivity index (χ1v) is 7.89. The third-order valence-corrected chi connectivity index (χ3v) is 5.04. The smallest absolute Gasteiger partial charge is 0.243 e. The standard InChI is InChI=1S/C14H19N3O3S/c1-5-17(10-14(18)16(3)4)21(19,20)13-7-6-12(9-15)11(2)8-13/h6-8H,5,10H2,1-4H3. The largest absolute Gasteiger partial charge is 0.348 e. The van der Waals surface area contributed by atoms with E-state index in [9.17, 15) is 13.2 Å². The van der Waals surface area contributed by atoms with Crippen LogP contribution in [0.25, 0.3) is 0 Å². The van der Waals surface area contributed by atoms with Crippen LogP contribution >= 0.6 is 0 Å². The van der Waals surface area contributed by atoms with Crippen LogP contribution in [0.15, 0.2) is 23.1 Å². The molecule has 114 valence electrons. The molecule has 0 spiro atoms. The first kappa shape index (κ1) is 17.1. The second-order valence-electron chi connectivity index (χ2n) is 4.81. The number of benzene rings is 1. The Morgan fingerprint density at radius 1 is 1.33 bits per heavy atom. The highest BCUT2D eigenvalue weighted by molar-refractivity contribution is 7.89. The fourth-order valence-electron chi connectivity index (χ4n) is 1.73. The van der Waals surface area contributed by atoms with Gasteiger partial charge in [0.2, 0.25) is 15.9 Å². The Morgan fingerprint density at radius 2 is 1.95 bits per heavy atom. The van der Waals surface area contributed by atoms with Gasteiger partial charge in [-0.1, -0.05) is 6.92 Å². The van der Waals surface area contributed by atoms with Crippen LogP contribution in [0.4, 0.5) is 0 Å². The Morgan fingerprint density at radius 3 is 2.38 bits per heavy atom. The number of rotatable bonds is 5. The maximum atomic E-state index is 12.5. The van der Waals surface area contributed by atoms with E-state index in [-0.39, 0.29) is 23.9 Å². The zero-order valence-corrected chi connectivity index (χ0v) is 13.4. The van der Waals surface area contributed by atoms with Crippen molar-refractivity contribution in [3.05, 3.63) is 29.3 Å². The van der Waals surface area contributed by atoms with Gasteiger partial charge in [-0.2, -0.15) is 9.57 Å². The number of hydrogen-bond donors (Lipinski definition) is 0. The lowest BCUT2D eigenvalue weighted by atomic mass is 10.1. The van der Waals surface area contributed by atoms with Crippen LogP contribution in [0.3, 0.4) is 0 Å². The normalized spacial score (nSPS) is 11.2. The van der Waals surface area contributed by atoms with Crippen LogP contribution in [0.5, 0.6) is 0 Å². The van der Waals surface area contributed by atoms with E-state index in [4.69, 9.17) is 5.26 Å². The van der Waals surface area contributed by atoms with Gasteiger partial charge in [0.05, 0.1) is 23.1 Å². The summed E-state index contributed by atoms with van der Waals surface area (Å²) in [6.07, 6.45) is 0. The van der Waals surface area contributed by atoms with Crippen molar-refractivity contribution >= 4 is 15.9 Å². The van der Waals surface area contributed by atoms with Crippen molar-refractivity contribution < 1.29 is 13.2 Å². The Bertz CT molecular complexity index is 675. The van der Waals surface area contributed by atoms with Gasteiger partial charge in [0.15, 0.2) is 0 Å². The monoisotopic (exact) mass is 309 g/mol. The Labute approximate surface area is 125 Å². The van der Waals surface area contributed by atoms with E-state index >= 15 is 0 Å². The summed E-state index contributed by atoms with van der Waals surface area (Å²) in [5.74, 6) is -0.286. The molecule has 0 aliphatic rings. The van der Waals surface area contributed by atoms with Crippen molar-refractivity contribution in [3.63, 3.8) is 0 Å². The van der Waals surface area contributed by atoms with E-state index in [0.29, 0.717) is 11.1 Å². The van der Waals surface area contributed by atoms with Crippen LogP contribution in [0.2, 0.25) is 0 Å². The summed E-state index contributed by atoms with van der Waals surface area (Å²) < 4.78 is 26.2. The number of likely N-dealkylation sites (N-methyl/N-ethyl adjacent to an activating group) is 2. The molecule has 0 bridgehead atoms. The molecular formula is C14H19N3O3S. The van der Waals surface area contributed by atoms with Gasteiger partial charge in [-0.3, -0.25) is 4.79 Å². The van der Waals surface area contributed by atoms with Gasteiger partial charge in [-0.05, 0) is 30.7 Å². The van der Waals surface area contributed by atoms with Crippen LogP contribution in [0, 0.1) is 18.3 Å². The minimum Gasteiger partial charge on any atom is -0.348 e. The maximum absolute atomic E-state index is 12.5. The zero-order chi connectivity index (χ0) is 16.2. The summed E-state index contributed by atoms with van der Waals surface area (Å²) in [4.78, 5) is 13.2. The van der Waals surface area contributed by atoms with E-state index in [2.05, 4.69) is 0 Å². The molecule has 1 aromatic carbocycles. The fraction of sp³-hybridized carbons (Fsp3) is 0.429. The second-order valence-corrected chi connectivity index (χ2v) is 6.75. The molecule has 0 atom stereocenters. The molecule has 0 aliphatic heterocycles. The van der Waals surface area contributed by atoms with Crippen LogP contribution in [-0.4, -0.2) is 50.7 Å². The van der Waals surface area contributed by atoms with Gasteiger partial charge in [0.1, 0.15) is 0 Å². The van der Waals surface area contributed by atoms with Crippen molar-refractivity contribution in [3.8, 4) is 6.07 Å². The summed E-state index contributed by atoms with van der Waals surface area (Å²) in [5.41, 5.74) is 1.02. The molecule has 0 saturated carbocycles. The highest BCUT2D eigenvalue weighted by atomic mass is 32.2. The molecule has 7 heteroatoms. The number of nitriles is 1. The van der Waals surface area contributed by atoms with Crippen LogP contribution in [-0.2, 0) is 14.8 Å². The van der Waals surface area contributed by atoms with Crippen molar-refractivity contribution in [2.24, 2.45) is 0 Å². The van der Waals surface area contributed by atoms with Crippen molar-refractivity contribution in [2.75, 3.05) is 27.2 Å². The predicted octanol–water partition coefficient (Wildman–Crippen LogP) is 0.965. The maximum Gasteiger partial charge on any atom is 0.243 e. The molecule has 0 heterocycles. The molecule has 0 aliphatic carbocycles. The number of hydrogen-bond acceptors (Lipinski definition) is 4. The number of aryl methyl sites for hydroxylation is 1. The van der Waals surface area contributed by atoms with Gasteiger partial charge in [-0.25, -0.2) is 8.42 Å². The van der Waals surface area contributed by atoms with Crippen LogP contribution in [0.1, 0.15) is 18.1 Å². The molecule has 6 nitrogen and oxygen atoms in total. The highest BCUT2D eigenvalue weighted by Gasteiger charge is 2.26. The number of sulfonamides is 1. The SMILES string of the molecule is CCN(CC(=O)N(C)C)S(=O)(=O)c1ccc(C#N)c(C)c1. The van der Waals surface area contributed by atoms with Gasteiger partial charge >= 0.3 is 0 Å². The molecule has 0 saturated heterocycles. The first-order chi connectivity index (χ1) is 9.73. The molecule has 1 aromatic rings. The van der Waals surface area contributed by atoms with Crippen molar-refractivity contribution in [1.29, 1.82) is 5.26 Å². The fourth-order valence-corrected chi connectivity index (χ4v) is 3.21. The molecule has 0 fully saturated rings. The van der Waals surface area contributed by atoms with Crippen LogP contribution < -0.4 is 0 Å². The number of amides is 1. The molecule has 0 unspecified atom stereocenters. The lowest BCUT2D eigenvalue weighted by molar-refractivity contribution is -0.128. The summed E-state index contributed by atoms with van der Waals surface area (Å²) in [5, 5.41) is 8.89. The number of carbonyl (C=O) groups is 1. The third kappa shape index (κ3) is 3.80. The molecule has 1 rings (SSSR count). The Balaban J connectivity index is 3.16. The topological polar surface area (TPSA) is 81.5 Å². The second kappa shape index (κ2) is 6.70. The quantitative estimate of drug-likeness (QED) is 0.811. The van der Waals surface area contributed by atoms with E-state index in [1.54, 1.807) is 27.9 Å². The van der Waals surface area contributed by atoms with Crippen molar-refractivity contribution in [1.82, 2.24) is 9.21 Å². The Kier molecular flexibility index (Phi) is 5.47. The predicted molar refractivity (Wildman–Crippen MR) is 79.0 cm³/mol. The molecule has 1 amide bonds. The van der Waals surface area contributed by atoms with Gasteiger partial charge in [0.25, 0.3) is 0 Å². The summed E-state index contributed by atoms with van der Waals surface area (Å²) in [7, 11) is -0.595. The van der Waals surface area contributed by atoms with Gasteiger partial charge in [0, 0.05) is 20.6 Å². The average molecular weight is 309 g/mol. The van der Waals surface area contributed by atoms with E-state index in [0.717, 1.165) is 4.31 Å². The van der Waals surface area contributed by atoms with E-state index in [1.165, 1.54) is 23.1 Å². The van der Waals surface area contributed by atoms with Gasteiger partial charge in [-0.15, -0.1) is 0 Å². The average Bonchev–Trinajstić information content (AvgIpc) is 2.43. The number of nitrogens with zero attached hydrogens (tertiary/aromatic N) is 3. The molecule has 21 heavy (non-hydrogen) atoms. The van der Waals surface area contributed by atoms with Gasteiger partial charge < -0.3 is 4.90 Å². The highest BCUT2D eigenvalue weighted by Crippen LogP contribution is 2.19. The summed E-state index contributed by atoms with van der Waals surface area (Å²) in [6, 6.07) is 6.32. The van der Waals surface area contributed by atoms with E-state index in [1.807, 2.05) is 6.07 Å².